The molecule has 296 valence electrons. The molecule has 0 aliphatic carbocycles. The van der Waals surface area contributed by atoms with Crippen LogP contribution in [-0.2, 0) is 19.0 Å². The third kappa shape index (κ3) is 15.2. The maximum atomic E-state index is 11.7. The molecular weight excluding hydrogens is 626 g/mol. The smallest absolute Gasteiger partial charge is 0.122 e. The maximum absolute atomic E-state index is 11.7. The van der Waals surface area contributed by atoms with Crippen molar-refractivity contribution in [2.45, 2.75) is 193 Å². The van der Waals surface area contributed by atoms with Crippen LogP contribution >= 0.6 is 0 Å². The minimum atomic E-state index is -0.616. The van der Waals surface area contributed by atoms with Crippen LogP contribution in [0, 0.1) is 52.3 Å². The highest BCUT2D eigenvalue weighted by molar-refractivity contribution is 5.88. The number of aliphatic hydroxyl groups excluding tert-OH is 2. The van der Waals surface area contributed by atoms with Gasteiger partial charge in [-0.15, -0.1) is 11.8 Å². The number of ether oxygens (including phenoxy) is 3. The third-order valence-electron chi connectivity index (χ3n) is 11.5. The number of aliphatic hydroxyl groups is 2. The van der Waals surface area contributed by atoms with Crippen LogP contribution in [-0.4, -0.2) is 65.8 Å². The minimum Gasteiger partial charge on any atom is -0.494 e. The molecule has 0 bridgehead atoms. The van der Waals surface area contributed by atoms with Gasteiger partial charge in [0.05, 0.1) is 29.3 Å². The fourth-order valence-corrected chi connectivity index (χ4v) is 7.21. The summed E-state index contributed by atoms with van der Waals surface area (Å²) in [5.74, 6) is 7.55. The van der Waals surface area contributed by atoms with Crippen LogP contribution in [0.2, 0.25) is 0 Å². The Morgan fingerprint density at radius 3 is 1.88 bits per heavy atom. The Morgan fingerprint density at radius 1 is 0.920 bits per heavy atom. The van der Waals surface area contributed by atoms with Gasteiger partial charge in [-0.25, -0.2) is 0 Å². The number of methoxy groups -OCH3 is 1. The van der Waals surface area contributed by atoms with Crippen LogP contribution < -0.4 is 0 Å². The molecule has 2 N–H and O–H groups in total. The number of hydrogen-bond donors (Lipinski definition) is 2. The van der Waals surface area contributed by atoms with Crippen molar-refractivity contribution in [1.82, 2.24) is 0 Å². The van der Waals surface area contributed by atoms with Crippen molar-refractivity contribution in [2.75, 3.05) is 13.7 Å². The second kappa shape index (κ2) is 23.9. The van der Waals surface area contributed by atoms with Crippen LogP contribution in [0.15, 0.2) is 17.5 Å². The first-order valence-electron chi connectivity index (χ1n) is 19.6. The Balaban J connectivity index is 0. The van der Waals surface area contributed by atoms with Crippen LogP contribution in [0.5, 0.6) is 0 Å². The molecule has 0 aromatic rings. The van der Waals surface area contributed by atoms with Gasteiger partial charge >= 0.3 is 0 Å². The van der Waals surface area contributed by atoms with Gasteiger partial charge < -0.3 is 29.3 Å². The molecule has 2 fully saturated rings. The van der Waals surface area contributed by atoms with E-state index in [2.05, 4.69) is 92.8 Å². The Bertz CT molecular complexity index is 1020. The van der Waals surface area contributed by atoms with Gasteiger partial charge in [-0.1, -0.05) is 101 Å². The van der Waals surface area contributed by atoms with Gasteiger partial charge in [-0.3, -0.25) is 0 Å². The Labute approximate surface area is 310 Å². The zero-order valence-corrected chi connectivity index (χ0v) is 36.2. The van der Waals surface area contributed by atoms with E-state index in [1.54, 1.807) is 7.11 Å². The van der Waals surface area contributed by atoms with Crippen LogP contribution in [0.25, 0.3) is 0 Å². The minimum absolute atomic E-state index is 0.00474. The normalized spacial score (nSPS) is 37.1. The molecule has 7 nitrogen and oxygen atoms in total. The summed E-state index contributed by atoms with van der Waals surface area (Å²) in [6.45, 7) is 42.8. The van der Waals surface area contributed by atoms with E-state index in [1.165, 1.54) is 0 Å². The molecule has 7 heteroatoms. The number of hydrogen-bond acceptors (Lipinski definition) is 7. The van der Waals surface area contributed by atoms with Gasteiger partial charge in [-0.2, -0.15) is 0 Å². The molecule has 2 rings (SSSR count). The average molecular weight is 710 g/mol. The van der Waals surface area contributed by atoms with Crippen LogP contribution in [0.4, 0.5) is 0 Å². The average Bonchev–Trinajstić information content (AvgIpc) is 3.08. The standard InChI is InChI=1S/C29H55NO3.C8H16O3.C4H6.C2H6/c1-14-25-28(11,12)27(31)23(9)26(30-33-18(3)4)20(6)17-29(13,15-2)16-19(5)21(7)22(8)24(10)32-25;1-6-7(9)8(2,10-3)4-5-11-6;1-3-4-2;1-2/h18-23,25,27,31H,10,14-17H2,1-9,11-13H3;6-7,9H,4-5H2,1-3H3;1-2H3;1-2H3/b30-26+;;;/t19-,20-,21+,22-,23+,25-,27?,29+;6?,7-,8+;;/m10../s1. The first-order valence-corrected chi connectivity index (χ1v) is 19.6. The predicted octanol–water partition coefficient (Wildman–Crippen LogP) is 10.5. The molecule has 0 aromatic heterocycles. The van der Waals surface area contributed by atoms with Crippen molar-refractivity contribution in [3.05, 3.63) is 12.3 Å². The van der Waals surface area contributed by atoms with E-state index in [0.29, 0.717) is 18.4 Å². The summed E-state index contributed by atoms with van der Waals surface area (Å²) >= 11 is 0. The summed E-state index contributed by atoms with van der Waals surface area (Å²) in [6.07, 6.45) is 3.48. The van der Waals surface area contributed by atoms with E-state index in [4.69, 9.17) is 19.0 Å². The molecule has 0 spiro atoms. The summed E-state index contributed by atoms with van der Waals surface area (Å²) in [6, 6.07) is 0. The quantitative estimate of drug-likeness (QED) is 0.218. The topological polar surface area (TPSA) is 89.7 Å². The monoisotopic (exact) mass is 710 g/mol. The molecule has 0 radical (unpaired) electrons. The second-order valence-electron chi connectivity index (χ2n) is 16.1. The van der Waals surface area contributed by atoms with Crippen molar-refractivity contribution in [1.29, 1.82) is 0 Å². The molecule has 0 aromatic carbocycles. The zero-order chi connectivity index (χ0) is 39.6. The molecule has 50 heavy (non-hydrogen) atoms. The first-order chi connectivity index (χ1) is 23.1. The number of rotatable bonds is 5. The van der Waals surface area contributed by atoms with Gasteiger partial charge in [0.25, 0.3) is 0 Å². The molecule has 11 atom stereocenters. The van der Waals surface area contributed by atoms with Gasteiger partial charge in [0.1, 0.15) is 18.3 Å². The summed E-state index contributed by atoms with van der Waals surface area (Å²) < 4.78 is 17.0. The van der Waals surface area contributed by atoms with Crippen molar-refractivity contribution >= 4 is 5.71 Å². The van der Waals surface area contributed by atoms with E-state index in [9.17, 15) is 10.2 Å². The zero-order valence-electron chi connectivity index (χ0n) is 36.2. The SMILES string of the molecule is C=C1O[C@H](CC)C(C)(C)C(O)[C@@H](C)/C(=N/OC(C)C)[C@H](C)C[C@@](C)(CC)C[C@@H](C)[C@H](C)[C@H]1C.CC.CC#CC.CO[C@]1(C)CCOC(C)[C@@H]1O. The highest BCUT2D eigenvalue weighted by Gasteiger charge is 2.44. The highest BCUT2D eigenvalue weighted by Crippen LogP contribution is 2.44. The molecule has 2 heterocycles. The van der Waals surface area contributed by atoms with Gasteiger partial charge in [0.15, 0.2) is 0 Å². The predicted molar refractivity (Wildman–Crippen MR) is 213 cm³/mol. The lowest BCUT2D eigenvalue weighted by Crippen LogP contribution is -2.52. The Morgan fingerprint density at radius 2 is 1.46 bits per heavy atom. The van der Waals surface area contributed by atoms with Crippen LogP contribution in [0.3, 0.4) is 0 Å². The fraction of sp³-hybridized carbons (Fsp3) is 0.884. The molecule has 0 amide bonds. The van der Waals surface area contributed by atoms with Crippen molar-refractivity contribution in [2.24, 2.45) is 45.6 Å². The number of nitrogens with zero attached hydrogens (tertiary/aromatic N) is 1. The third-order valence-corrected chi connectivity index (χ3v) is 11.5. The van der Waals surface area contributed by atoms with E-state index in [-0.39, 0.29) is 41.5 Å². The summed E-state index contributed by atoms with van der Waals surface area (Å²) in [5.41, 5.74) is 0.257. The molecule has 2 aliphatic rings. The first kappa shape index (κ1) is 50.5. The largest absolute Gasteiger partial charge is 0.494 e. The fourth-order valence-electron chi connectivity index (χ4n) is 7.21. The number of oxime groups is 1. The van der Waals surface area contributed by atoms with Gasteiger partial charge in [0.2, 0.25) is 0 Å². The highest BCUT2D eigenvalue weighted by atomic mass is 16.6. The Hall–Kier alpha value is -1.59. The summed E-state index contributed by atoms with van der Waals surface area (Å²) in [7, 11) is 1.63. The van der Waals surface area contributed by atoms with E-state index < -0.39 is 23.2 Å². The van der Waals surface area contributed by atoms with Crippen molar-refractivity contribution in [3.63, 3.8) is 0 Å². The van der Waals surface area contributed by atoms with E-state index in [1.807, 2.05) is 55.4 Å². The Kier molecular flexibility index (Phi) is 24.1. The van der Waals surface area contributed by atoms with E-state index in [0.717, 1.165) is 43.6 Å². The van der Waals surface area contributed by atoms with E-state index >= 15 is 0 Å². The maximum Gasteiger partial charge on any atom is 0.122 e. The molecule has 2 unspecified atom stereocenters. The van der Waals surface area contributed by atoms with Crippen molar-refractivity contribution in [3.8, 4) is 11.8 Å². The lowest BCUT2D eigenvalue weighted by atomic mass is 9.66. The lowest BCUT2D eigenvalue weighted by Gasteiger charge is -2.44. The molecule has 2 aliphatic heterocycles. The van der Waals surface area contributed by atoms with Gasteiger partial charge in [0, 0.05) is 37.4 Å². The summed E-state index contributed by atoms with van der Waals surface area (Å²) in [4.78, 5) is 5.76. The molecular formula is C43H83NO6. The molecule has 2 saturated heterocycles. The summed E-state index contributed by atoms with van der Waals surface area (Å²) in [5, 5.41) is 25.9. The molecule has 0 saturated carbocycles. The lowest BCUT2D eigenvalue weighted by molar-refractivity contribution is -0.188. The number of allylic oxidation sites excluding steroid dienone is 1. The van der Waals surface area contributed by atoms with Gasteiger partial charge in [-0.05, 0) is 84.0 Å². The van der Waals surface area contributed by atoms with Crippen LogP contribution in [0.1, 0.15) is 157 Å². The second-order valence-corrected chi connectivity index (χ2v) is 16.1. The van der Waals surface area contributed by atoms with Crippen molar-refractivity contribution < 1.29 is 29.3 Å².